The Morgan fingerprint density at radius 1 is 1.47 bits per heavy atom. The molecule has 1 atom stereocenters. The molecule has 0 heterocycles. The van der Waals surface area contributed by atoms with Crippen LogP contribution in [-0.4, -0.2) is 73.4 Å². The maximum absolute atomic E-state index is 12.3. The largest absolute Gasteiger partial charge is 0.395 e. The first-order valence-electron chi connectivity index (χ1n) is 6.00. The maximum Gasteiger partial charge on any atom is 0.312 e. The second-order valence-corrected chi connectivity index (χ2v) is 4.87. The van der Waals surface area contributed by atoms with E-state index in [-0.39, 0.29) is 19.1 Å². The van der Waals surface area contributed by atoms with Gasteiger partial charge in [-0.25, -0.2) is 4.79 Å². The molecule has 0 bridgehead atoms. The standard InChI is InChI=1S/C11H23N3O4S/c1-18-7-5-14(4-6-15)10(16)9(3-8-19-2)13-11(12)17/h9,15H,3-8H2,1-2H3,(H3,12,13,17). The van der Waals surface area contributed by atoms with Crippen LogP contribution in [0.5, 0.6) is 0 Å². The quantitative estimate of drug-likeness (QED) is 0.491. The molecule has 1 unspecified atom stereocenters. The van der Waals surface area contributed by atoms with Crippen molar-refractivity contribution in [2.24, 2.45) is 5.73 Å². The number of aliphatic hydroxyl groups excluding tert-OH is 1. The van der Waals surface area contributed by atoms with Crippen LogP contribution >= 0.6 is 11.8 Å². The number of primary amides is 1. The van der Waals surface area contributed by atoms with Crippen LogP contribution < -0.4 is 11.1 Å². The summed E-state index contributed by atoms with van der Waals surface area (Å²) < 4.78 is 4.92. The summed E-state index contributed by atoms with van der Waals surface area (Å²) in [5, 5.41) is 11.4. The summed E-state index contributed by atoms with van der Waals surface area (Å²) in [4.78, 5) is 24.7. The van der Waals surface area contributed by atoms with E-state index < -0.39 is 12.1 Å². The van der Waals surface area contributed by atoms with E-state index in [9.17, 15) is 9.59 Å². The van der Waals surface area contributed by atoms with Gasteiger partial charge in [0.2, 0.25) is 5.91 Å². The summed E-state index contributed by atoms with van der Waals surface area (Å²) >= 11 is 1.58. The Morgan fingerprint density at radius 3 is 2.63 bits per heavy atom. The number of aliphatic hydroxyl groups is 1. The zero-order valence-corrected chi connectivity index (χ0v) is 12.2. The zero-order chi connectivity index (χ0) is 14.7. The number of hydrogen-bond donors (Lipinski definition) is 3. The normalized spacial score (nSPS) is 11.9. The molecule has 0 saturated carbocycles. The molecule has 3 amide bonds. The molecular weight excluding hydrogens is 270 g/mol. The molecule has 0 radical (unpaired) electrons. The van der Waals surface area contributed by atoms with Crippen molar-refractivity contribution in [2.45, 2.75) is 12.5 Å². The highest BCUT2D eigenvalue weighted by Crippen LogP contribution is 2.05. The fourth-order valence-electron chi connectivity index (χ4n) is 1.54. The van der Waals surface area contributed by atoms with E-state index in [0.29, 0.717) is 19.6 Å². The van der Waals surface area contributed by atoms with Crippen molar-refractivity contribution in [3.05, 3.63) is 0 Å². The third kappa shape index (κ3) is 7.91. The van der Waals surface area contributed by atoms with Gasteiger partial charge in [-0.05, 0) is 18.4 Å². The lowest BCUT2D eigenvalue weighted by Crippen LogP contribution is -2.51. The van der Waals surface area contributed by atoms with Crippen LogP contribution in [0.2, 0.25) is 0 Å². The molecule has 7 nitrogen and oxygen atoms in total. The van der Waals surface area contributed by atoms with Gasteiger partial charge < -0.3 is 25.8 Å². The molecule has 0 aliphatic rings. The number of nitrogens with zero attached hydrogens (tertiary/aromatic N) is 1. The molecule has 0 aliphatic heterocycles. The Kier molecular flexibility index (Phi) is 10.3. The van der Waals surface area contributed by atoms with Gasteiger partial charge in [-0.15, -0.1) is 0 Å². The average Bonchev–Trinajstić information content (AvgIpc) is 2.38. The van der Waals surface area contributed by atoms with E-state index in [1.807, 2.05) is 6.26 Å². The Bertz CT molecular complexity index is 279. The van der Waals surface area contributed by atoms with E-state index in [2.05, 4.69) is 5.32 Å². The Labute approximate surface area is 117 Å². The van der Waals surface area contributed by atoms with Gasteiger partial charge >= 0.3 is 6.03 Å². The molecule has 0 saturated heterocycles. The number of methoxy groups -OCH3 is 1. The van der Waals surface area contributed by atoms with Gasteiger partial charge in [0.1, 0.15) is 6.04 Å². The summed E-state index contributed by atoms with van der Waals surface area (Å²) in [5.41, 5.74) is 5.08. The van der Waals surface area contributed by atoms with Crippen molar-refractivity contribution >= 4 is 23.7 Å². The number of carbonyl (C=O) groups excluding carboxylic acids is 2. The van der Waals surface area contributed by atoms with E-state index in [1.165, 1.54) is 12.0 Å². The lowest BCUT2D eigenvalue weighted by atomic mass is 10.2. The number of ether oxygens (including phenoxy) is 1. The molecule has 8 heteroatoms. The van der Waals surface area contributed by atoms with Crippen LogP contribution in [0.1, 0.15) is 6.42 Å². The second kappa shape index (κ2) is 10.9. The van der Waals surface area contributed by atoms with Gasteiger partial charge in [-0.1, -0.05) is 0 Å². The Morgan fingerprint density at radius 2 is 2.16 bits per heavy atom. The molecular formula is C11H23N3O4S. The van der Waals surface area contributed by atoms with Crippen molar-refractivity contribution in [3.63, 3.8) is 0 Å². The number of urea groups is 1. The summed E-state index contributed by atoms with van der Waals surface area (Å²) in [7, 11) is 1.54. The average molecular weight is 293 g/mol. The molecule has 0 aliphatic carbocycles. The molecule has 112 valence electrons. The van der Waals surface area contributed by atoms with Crippen molar-refractivity contribution in [1.29, 1.82) is 0 Å². The summed E-state index contributed by atoms with van der Waals surface area (Å²) in [6.45, 7) is 0.809. The van der Waals surface area contributed by atoms with Gasteiger partial charge in [0.15, 0.2) is 0 Å². The first-order valence-corrected chi connectivity index (χ1v) is 7.39. The number of carbonyl (C=O) groups is 2. The van der Waals surface area contributed by atoms with Crippen molar-refractivity contribution in [2.75, 3.05) is 45.4 Å². The number of hydrogen-bond acceptors (Lipinski definition) is 5. The highest BCUT2D eigenvalue weighted by Gasteiger charge is 2.24. The van der Waals surface area contributed by atoms with E-state index in [4.69, 9.17) is 15.6 Å². The molecule has 0 aromatic carbocycles. The Balaban J connectivity index is 4.62. The van der Waals surface area contributed by atoms with E-state index >= 15 is 0 Å². The van der Waals surface area contributed by atoms with Crippen LogP contribution in [0.3, 0.4) is 0 Å². The summed E-state index contributed by atoms with van der Waals surface area (Å²) in [5.74, 6) is 0.479. The van der Waals surface area contributed by atoms with Gasteiger partial charge in [0, 0.05) is 20.2 Å². The molecule has 0 rings (SSSR count). The second-order valence-electron chi connectivity index (χ2n) is 3.88. The molecule has 0 spiro atoms. The van der Waals surface area contributed by atoms with Crippen molar-refractivity contribution in [1.82, 2.24) is 10.2 Å². The van der Waals surface area contributed by atoms with Gasteiger partial charge in [-0.3, -0.25) is 4.79 Å². The highest BCUT2D eigenvalue weighted by atomic mass is 32.2. The summed E-state index contributed by atoms with van der Waals surface area (Å²) in [6, 6.07) is -1.39. The predicted molar refractivity (Wildman–Crippen MR) is 75.0 cm³/mol. The predicted octanol–water partition coefficient (Wildman–Crippen LogP) is -0.756. The van der Waals surface area contributed by atoms with Crippen LogP contribution in [-0.2, 0) is 9.53 Å². The van der Waals surface area contributed by atoms with Gasteiger partial charge in [0.25, 0.3) is 0 Å². The summed E-state index contributed by atoms with van der Waals surface area (Å²) in [6.07, 6.45) is 2.42. The zero-order valence-electron chi connectivity index (χ0n) is 11.4. The lowest BCUT2D eigenvalue weighted by Gasteiger charge is -2.26. The minimum Gasteiger partial charge on any atom is -0.395 e. The molecule has 0 fully saturated rings. The lowest BCUT2D eigenvalue weighted by molar-refractivity contribution is -0.134. The molecule has 0 aromatic rings. The fraction of sp³-hybridized carbons (Fsp3) is 0.818. The minimum absolute atomic E-state index is 0.138. The van der Waals surface area contributed by atoms with Crippen molar-refractivity contribution in [3.8, 4) is 0 Å². The van der Waals surface area contributed by atoms with Crippen LogP contribution in [0.15, 0.2) is 0 Å². The topological polar surface area (TPSA) is 105 Å². The van der Waals surface area contributed by atoms with E-state index in [1.54, 1.807) is 11.8 Å². The fourth-order valence-corrected chi connectivity index (χ4v) is 2.01. The Hall–Kier alpha value is -0.990. The molecule has 4 N–H and O–H groups in total. The SMILES string of the molecule is COCCN(CCO)C(=O)C(CCSC)NC(N)=O. The highest BCUT2D eigenvalue weighted by molar-refractivity contribution is 7.98. The first-order chi connectivity index (χ1) is 9.06. The number of amides is 3. The van der Waals surface area contributed by atoms with Crippen LogP contribution in [0.25, 0.3) is 0 Å². The third-order valence-corrected chi connectivity index (χ3v) is 3.12. The number of nitrogens with one attached hydrogen (secondary N) is 1. The number of thioether (sulfide) groups is 1. The number of nitrogens with two attached hydrogens (primary N) is 1. The van der Waals surface area contributed by atoms with Crippen LogP contribution in [0, 0.1) is 0 Å². The number of rotatable bonds is 10. The monoisotopic (exact) mass is 293 g/mol. The van der Waals surface area contributed by atoms with Crippen molar-refractivity contribution < 1.29 is 19.4 Å². The first kappa shape index (κ1) is 18.0. The third-order valence-electron chi connectivity index (χ3n) is 2.47. The van der Waals surface area contributed by atoms with Gasteiger partial charge in [-0.2, -0.15) is 11.8 Å². The smallest absolute Gasteiger partial charge is 0.312 e. The molecule has 19 heavy (non-hydrogen) atoms. The van der Waals surface area contributed by atoms with E-state index in [0.717, 1.165) is 5.75 Å². The maximum atomic E-state index is 12.3. The van der Waals surface area contributed by atoms with Crippen LogP contribution in [0.4, 0.5) is 4.79 Å². The van der Waals surface area contributed by atoms with Gasteiger partial charge in [0.05, 0.1) is 13.2 Å². The molecule has 0 aromatic heterocycles. The minimum atomic E-state index is -0.727.